The van der Waals surface area contributed by atoms with E-state index >= 15 is 0 Å². The highest BCUT2D eigenvalue weighted by Crippen LogP contribution is 2.24. The molecule has 22 heavy (non-hydrogen) atoms. The van der Waals surface area contributed by atoms with Crippen molar-refractivity contribution < 1.29 is 14.3 Å². The first kappa shape index (κ1) is 15.2. The second-order valence-electron chi connectivity index (χ2n) is 5.85. The molecular weight excluding hydrogens is 305 g/mol. The Morgan fingerprint density at radius 1 is 1.41 bits per heavy atom. The van der Waals surface area contributed by atoms with Gasteiger partial charge in [-0.3, -0.25) is 4.79 Å². The summed E-state index contributed by atoms with van der Waals surface area (Å²) in [6, 6.07) is 2.50. The molecule has 118 valence electrons. The molecule has 2 aromatic rings. The van der Waals surface area contributed by atoms with Crippen molar-refractivity contribution in [3.63, 3.8) is 0 Å². The summed E-state index contributed by atoms with van der Waals surface area (Å²) in [4.78, 5) is 18.0. The maximum atomic E-state index is 13.6. The van der Waals surface area contributed by atoms with Crippen LogP contribution < -0.4 is 5.32 Å². The van der Waals surface area contributed by atoms with Gasteiger partial charge in [0.15, 0.2) is 4.77 Å². The van der Waals surface area contributed by atoms with Gasteiger partial charge in [-0.25, -0.2) is 4.39 Å². The third-order valence-electron chi connectivity index (χ3n) is 4.14. The summed E-state index contributed by atoms with van der Waals surface area (Å²) in [5.41, 5.74) is 1.22. The van der Waals surface area contributed by atoms with Gasteiger partial charge in [-0.1, -0.05) is 6.42 Å². The van der Waals surface area contributed by atoms with Crippen LogP contribution in [0, 0.1) is 16.5 Å². The van der Waals surface area contributed by atoms with Crippen LogP contribution in [0.4, 0.5) is 4.39 Å². The predicted molar refractivity (Wildman–Crippen MR) is 83.7 cm³/mol. The largest absolute Gasteiger partial charge is 0.393 e. The number of fused-ring (bicyclic) bond motifs is 1. The van der Waals surface area contributed by atoms with Crippen LogP contribution in [0.1, 0.15) is 36.0 Å². The first-order valence-electron chi connectivity index (χ1n) is 7.40. The topological polar surface area (TPSA) is 80.9 Å². The number of aliphatic hydroxyl groups is 1. The van der Waals surface area contributed by atoms with Gasteiger partial charge in [0, 0.05) is 6.54 Å². The summed E-state index contributed by atoms with van der Waals surface area (Å²) in [6.45, 7) is 0.485. The van der Waals surface area contributed by atoms with Crippen LogP contribution in [0.3, 0.4) is 0 Å². The number of aromatic nitrogens is 2. The number of carbonyl (C=O) groups excluding carboxylic acids is 1. The fourth-order valence-electron chi connectivity index (χ4n) is 3.07. The number of hydrogen-bond acceptors (Lipinski definition) is 3. The average molecular weight is 323 g/mol. The Labute approximate surface area is 131 Å². The van der Waals surface area contributed by atoms with E-state index in [0.29, 0.717) is 28.8 Å². The minimum Gasteiger partial charge on any atom is -0.393 e. The van der Waals surface area contributed by atoms with Crippen LogP contribution in [-0.4, -0.2) is 33.6 Å². The highest BCUT2D eigenvalue weighted by atomic mass is 32.1. The molecule has 3 rings (SSSR count). The zero-order chi connectivity index (χ0) is 15.7. The Morgan fingerprint density at radius 3 is 3.00 bits per heavy atom. The molecule has 1 aliphatic rings. The fraction of sp³-hybridized carbons (Fsp3) is 0.467. The lowest BCUT2D eigenvalue weighted by Crippen LogP contribution is -2.33. The number of carbonyl (C=O) groups is 1. The molecule has 1 aromatic carbocycles. The van der Waals surface area contributed by atoms with E-state index in [1.165, 1.54) is 12.1 Å². The van der Waals surface area contributed by atoms with E-state index in [1.54, 1.807) is 0 Å². The van der Waals surface area contributed by atoms with Crippen molar-refractivity contribution in [2.75, 3.05) is 6.54 Å². The molecule has 0 saturated heterocycles. The number of halogens is 1. The van der Waals surface area contributed by atoms with Crippen molar-refractivity contribution in [1.29, 1.82) is 0 Å². The summed E-state index contributed by atoms with van der Waals surface area (Å²) in [7, 11) is 0. The molecule has 5 nitrogen and oxygen atoms in total. The van der Waals surface area contributed by atoms with Gasteiger partial charge in [0.1, 0.15) is 5.82 Å². The van der Waals surface area contributed by atoms with Gasteiger partial charge in [-0.05, 0) is 49.5 Å². The summed E-state index contributed by atoms with van der Waals surface area (Å²) in [6.07, 6.45) is 3.21. The minimum atomic E-state index is -0.490. The molecule has 4 N–H and O–H groups in total. The van der Waals surface area contributed by atoms with Gasteiger partial charge in [0.25, 0.3) is 5.91 Å². The second-order valence-corrected chi connectivity index (χ2v) is 6.26. The van der Waals surface area contributed by atoms with Crippen molar-refractivity contribution in [3.05, 3.63) is 28.3 Å². The van der Waals surface area contributed by atoms with Crippen LogP contribution in [0.2, 0.25) is 0 Å². The van der Waals surface area contributed by atoms with E-state index in [4.69, 9.17) is 12.2 Å². The number of rotatable bonds is 3. The molecular formula is C15H18FN3O2S. The first-order valence-corrected chi connectivity index (χ1v) is 7.81. The number of H-pyrrole nitrogens is 2. The van der Waals surface area contributed by atoms with Gasteiger partial charge < -0.3 is 20.4 Å². The van der Waals surface area contributed by atoms with Gasteiger partial charge in [0.05, 0.1) is 22.7 Å². The molecule has 0 aliphatic heterocycles. The van der Waals surface area contributed by atoms with E-state index in [9.17, 15) is 14.3 Å². The van der Waals surface area contributed by atoms with Gasteiger partial charge in [-0.15, -0.1) is 0 Å². The fourth-order valence-corrected chi connectivity index (χ4v) is 3.28. The molecule has 7 heteroatoms. The van der Waals surface area contributed by atoms with E-state index in [-0.39, 0.29) is 23.5 Å². The standard InChI is InChI=1S/C15H18FN3O2S/c16-9-5-11(13-12(6-9)18-15(22)19-13)14(21)17-7-8-2-1-3-10(20)4-8/h5-6,8,10,20H,1-4,7H2,(H,17,21)(H2,18,19,22). The van der Waals surface area contributed by atoms with E-state index < -0.39 is 5.82 Å². The quantitative estimate of drug-likeness (QED) is 0.656. The molecule has 1 aromatic heterocycles. The lowest BCUT2D eigenvalue weighted by atomic mass is 9.87. The normalized spacial score (nSPS) is 21.9. The minimum absolute atomic E-state index is 0.235. The van der Waals surface area contributed by atoms with Gasteiger partial charge in [-0.2, -0.15) is 0 Å². The first-order chi connectivity index (χ1) is 10.5. The van der Waals surface area contributed by atoms with E-state index in [1.807, 2.05) is 0 Å². The molecule has 0 bridgehead atoms. The van der Waals surface area contributed by atoms with Gasteiger partial charge in [0.2, 0.25) is 0 Å². The molecule has 1 saturated carbocycles. The third-order valence-corrected chi connectivity index (χ3v) is 4.35. The number of aromatic amines is 2. The number of nitrogens with one attached hydrogen (secondary N) is 3. The maximum Gasteiger partial charge on any atom is 0.253 e. The van der Waals surface area contributed by atoms with Crippen molar-refractivity contribution in [2.24, 2.45) is 5.92 Å². The van der Waals surface area contributed by atoms with Crippen LogP contribution in [0.25, 0.3) is 11.0 Å². The van der Waals surface area contributed by atoms with Gasteiger partial charge >= 0.3 is 0 Å². The number of aliphatic hydroxyl groups excluding tert-OH is 1. The highest BCUT2D eigenvalue weighted by Gasteiger charge is 2.21. The molecule has 0 radical (unpaired) electrons. The smallest absolute Gasteiger partial charge is 0.253 e. The van der Waals surface area contributed by atoms with Crippen LogP contribution in [0.5, 0.6) is 0 Å². The average Bonchev–Trinajstić information content (AvgIpc) is 2.84. The SMILES string of the molecule is O=C(NCC1CCCC(O)C1)c1cc(F)cc2[nH]c(=S)[nH]c12. The Balaban J connectivity index is 1.76. The van der Waals surface area contributed by atoms with Crippen LogP contribution in [-0.2, 0) is 0 Å². The van der Waals surface area contributed by atoms with Crippen molar-refractivity contribution in [1.82, 2.24) is 15.3 Å². The zero-order valence-corrected chi connectivity index (χ0v) is 12.8. The molecule has 1 fully saturated rings. The van der Waals surface area contributed by atoms with Crippen molar-refractivity contribution in [3.8, 4) is 0 Å². The highest BCUT2D eigenvalue weighted by molar-refractivity contribution is 7.71. The Hall–Kier alpha value is -1.73. The van der Waals surface area contributed by atoms with Crippen LogP contribution >= 0.6 is 12.2 Å². The van der Waals surface area contributed by atoms with Crippen molar-refractivity contribution >= 4 is 29.2 Å². The molecule has 0 spiro atoms. The molecule has 1 aliphatic carbocycles. The maximum absolute atomic E-state index is 13.6. The number of benzene rings is 1. The Morgan fingerprint density at radius 2 is 2.23 bits per heavy atom. The van der Waals surface area contributed by atoms with E-state index in [0.717, 1.165) is 19.3 Å². The van der Waals surface area contributed by atoms with E-state index in [2.05, 4.69) is 15.3 Å². The second kappa shape index (κ2) is 6.18. The number of hydrogen-bond donors (Lipinski definition) is 4. The molecule has 1 amide bonds. The molecule has 2 atom stereocenters. The lowest BCUT2D eigenvalue weighted by molar-refractivity contribution is 0.0874. The number of amides is 1. The molecule has 1 heterocycles. The van der Waals surface area contributed by atoms with Crippen molar-refractivity contribution in [2.45, 2.75) is 31.8 Å². The molecule has 2 unspecified atom stereocenters. The third kappa shape index (κ3) is 3.20. The monoisotopic (exact) mass is 323 g/mol. The van der Waals surface area contributed by atoms with Crippen LogP contribution in [0.15, 0.2) is 12.1 Å². The predicted octanol–water partition coefficient (Wildman–Crippen LogP) is 2.65. The Bertz CT molecular complexity index is 755. The summed E-state index contributed by atoms with van der Waals surface area (Å²) >= 11 is 4.99. The summed E-state index contributed by atoms with van der Waals surface area (Å²) < 4.78 is 14.0. The summed E-state index contributed by atoms with van der Waals surface area (Å²) in [5, 5.41) is 12.5. The zero-order valence-electron chi connectivity index (χ0n) is 12.0. The Kier molecular flexibility index (Phi) is 4.26. The lowest BCUT2D eigenvalue weighted by Gasteiger charge is -2.25. The summed E-state index contributed by atoms with van der Waals surface area (Å²) in [5.74, 6) is -0.563. The number of imidazole rings is 1.